The lowest BCUT2D eigenvalue weighted by atomic mass is 10.0. The van der Waals surface area contributed by atoms with E-state index in [1.807, 2.05) is 36.4 Å². The number of nitrogens with zero attached hydrogens (tertiary/aromatic N) is 2. The Morgan fingerprint density at radius 3 is 2.74 bits per heavy atom. The third kappa shape index (κ3) is 3.85. The summed E-state index contributed by atoms with van der Waals surface area (Å²) in [6, 6.07) is 15.9. The van der Waals surface area contributed by atoms with E-state index >= 15 is 0 Å². The van der Waals surface area contributed by atoms with Crippen LogP contribution in [0.1, 0.15) is 18.4 Å². The molecule has 7 nitrogen and oxygen atoms in total. The monoisotopic (exact) mass is 415 g/mol. The summed E-state index contributed by atoms with van der Waals surface area (Å²) < 4.78 is 0. The third-order valence-electron chi connectivity index (χ3n) is 5.97. The molecule has 1 fully saturated rings. The number of pyridine rings is 1. The number of aliphatic hydroxyl groups is 1. The Kier molecular flexibility index (Phi) is 5.05. The van der Waals surface area contributed by atoms with Crippen LogP contribution in [0.3, 0.4) is 0 Å². The summed E-state index contributed by atoms with van der Waals surface area (Å²) in [6.07, 6.45) is 3.67. The maximum absolute atomic E-state index is 12.6. The van der Waals surface area contributed by atoms with Gasteiger partial charge in [-0.1, -0.05) is 18.2 Å². The minimum atomic E-state index is -0.202. The van der Waals surface area contributed by atoms with Crippen LogP contribution in [-0.2, 0) is 6.61 Å². The van der Waals surface area contributed by atoms with Gasteiger partial charge < -0.3 is 25.7 Å². The average Bonchev–Trinajstić information content (AvgIpc) is 3.23. The number of nitrogens with two attached hydrogens (primary N) is 1. The van der Waals surface area contributed by atoms with Gasteiger partial charge in [0.05, 0.1) is 23.2 Å². The van der Waals surface area contributed by atoms with Crippen molar-refractivity contribution in [3.8, 4) is 22.5 Å². The Morgan fingerprint density at radius 1 is 1.10 bits per heavy atom. The molecule has 2 aromatic heterocycles. The Bertz CT molecular complexity index is 1280. The molecule has 1 saturated heterocycles. The number of aromatic nitrogens is 3. The maximum Gasteiger partial charge on any atom is 0.259 e. The molecule has 0 unspecified atom stereocenters. The first-order valence-electron chi connectivity index (χ1n) is 10.5. The quantitative estimate of drug-likeness (QED) is 0.409. The zero-order valence-corrected chi connectivity index (χ0v) is 17.1. The van der Waals surface area contributed by atoms with Crippen LogP contribution in [-0.4, -0.2) is 39.2 Å². The number of benzene rings is 2. The Balaban J connectivity index is 1.51. The number of hydrogen-bond acceptors (Lipinski definition) is 5. The fourth-order valence-corrected chi connectivity index (χ4v) is 4.16. The summed E-state index contributed by atoms with van der Waals surface area (Å²) in [5, 5.41) is 9.41. The molecule has 5 N–H and O–H groups in total. The molecule has 0 saturated carbocycles. The lowest BCUT2D eigenvalue weighted by molar-refractivity contribution is 0.282. The third-order valence-corrected chi connectivity index (χ3v) is 5.97. The van der Waals surface area contributed by atoms with E-state index in [2.05, 4.69) is 32.0 Å². The van der Waals surface area contributed by atoms with Crippen LogP contribution in [0.4, 0.5) is 5.69 Å². The molecule has 5 rings (SSSR count). The molecule has 158 valence electrons. The molecule has 0 aliphatic carbocycles. The van der Waals surface area contributed by atoms with Crippen LogP contribution < -0.4 is 16.2 Å². The average molecular weight is 415 g/mol. The first-order chi connectivity index (χ1) is 15.1. The van der Waals surface area contributed by atoms with Crippen molar-refractivity contribution in [3.63, 3.8) is 0 Å². The number of anilines is 1. The standard InChI is InChI=1S/C24H25N5O2/c25-18-6-8-29(9-7-18)19-4-5-21-22(12-19)28-23(27-21)20-11-17(13-26-24(20)31)16-3-1-2-15(10-16)14-30/h1-5,10-13,18,30H,6-9,14,25H2,(H,26,31)(H,27,28). The number of piperidine rings is 1. The van der Waals surface area contributed by atoms with E-state index < -0.39 is 0 Å². The number of H-pyrrole nitrogens is 2. The number of rotatable bonds is 4. The number of fused-ring (bicyclic) bond motifs is 1. The Hall–Kier alpha value is -3.42. The molecular formula is C24H25N5O2. The van der Waals surface area contributed by atoms with Gasteiger partial charge in [-0.05, 0) is 59.9 Å². The summed E-state index contributed by atoms with van der Waals surface area (Å²) in [7, 11) is 0. The van der Waals surface area contributed by atoms with E-state index in [0.717, 1.165) is 59.3 Å². The Labute approximate surface area is 179 Å². The summed E-state index contributed by atoms with van der Waals surface area (Å²) >= 11 is 0. The molecule has 0 amide bonds. The van der Waals surface area contributed by atoms with Gasteiger partial charge in [-0.15, -0.1) is 0 Å². The summed E-state index contributed by atoms with van der Waals surface area (Å²) in [5.74, 6) is 0.536. The minimum Gasteiger partial charge on any atom is -0.392 e. The molecule has 0 atom stereocenters. The van der Waals surface area contributed by atoms with E-state index in [4.69, 9.17) is 5.73 Å². The fourth-order valence-electron chi connectivity index (χ4n) is 4.16. The number of imidazole rings is 1. The summed E-state index contributed by atoms with van der Waals surface area (Å²) in [4.78, 5) is 25.7. The highest BCUT2D eigenvalue weighted by Crippen LogP contribution is 2.27. The van der Waals surface area contributed by atoms with E-state index in [1.165, 1.54) is 0 Å². The van der Waals surface area contributed by atoms with Crippen molar-refractivity contribution in [2.45, 2.75) is 25.5 Å². The van der Waals surface area contributed by atoms with Gasteiger partial charge >= 0.3 is 0 Å². The molecule has 0 bridgehead atoms. The lowest BCUT2D eigenvalue weighted by Gasteiger charge is -2.31. The molecule has 1 aliphatic heterocycles. The van der Waals surface area contributed by atoms with Crippen LogP contribution in [0.5, 0.6) is 0 Å². The van der Waals surface area contributed by atoms with Gasteiger partial charge in [-0.25, -0.2) is 4.98 Å². The summed E-state index contributed by atoms with van der Waals surface area (Å²) in [6.45, 7) is 1.86. The first kappa shape index (κ1) is 19.5. The van der Waals surface area contributed by atoms with E-state index in [-0.39, 0.29) is 18.2 Å². The van der Waals surface area contributed by atoms with E-state index in [1.54, 1.807) is 6.20 Å². The summed E-state index contributed by atoms with van der Waals surface area (Å²) in [5.41, 5.74) is 11.8. The first-order valence-corrected chi connectivity index (χ1v) is 10.5. The van der Waals surface area contributed by atoms with Gasteiger partial charge in [0.1, 0.15) is 5.82 Å². The number of aromatic amines is 2. The largest absolute Gasteiger partial charge is 0.392 e. The SMILES string of the molecule is NC1CCN(c2ccc3nc(-c4cc(-c5cccc(CO)c5)c[nH]c4=O)[nH]c3c2)CC1. The highest BCUT2D eigenvalue weighted by Gasteiger charge is 2.17. The molecule has 3 heterocycles. The molecule has 1 aliphatic rings. The van der Waals surface area contributed by atoms with Gasteiger partial charge in [0.25, 0.3) is 5.56 Å². The smallest absolute Gasteiger partial charge is 0.259 e. The second-order valence-corrected chi connectivity index (χ2v) is 8.10. The molecule has 0 spiro atoms. The predicted octanol–water partition coefficient (Wildman–Crippen LogP) is 3.01. The van der Waals surface area contributed by atoms with Gasteiger partial charge in [-0.3, -0.25) is 4.79 Å². The highest BCUT2D eigenvalue weighted by molar-refractivity contribution is 5.83. The van der Waals surface area contributed by atoms with E-state index in [9.17, 15) is 9.90 Å². The van der Waals surface area contributed by atoms with Crippen molar-refractivity contribution in [3.05, 3.63) is 70.6 Å². The van der Waals surface area contributed by atoms with Crippen LogP contribution in [0, 0.1) is 0 Å². The van der Waals surface area contributed by atoms with Crippen molar-refractivity contribution >= 4 is 16.7 Å². The second kappa shape index (κ2) is 8.02. The molecule has 2 aromatic carbocycles. The normalized spacial score (nSPS) is 15.0. The van der Waals surface area contributed by atoms with Crippen LogP contribution >= 0.6 is 0 Å². The molecule has 7 heteroatoms. The lowest BCUT2D eigenvalue weighted by Crippen LogP contribution is -2.39. The fraction of sp³-hybridized carbons (Fsp3) is 0.250. The van der Waals surface area contributed by atoms with Gasteiger partial charge in [0.15, 0.2) is 0 Å². The number of nitrogens with one attached hydrogen (secondary N) is 2. The molecule has 0 radical (unpaired) electrons. The Morgan fingerprint density at radius 2 is 1.94 bits per heavy atom. The van der Waals surface area contributed by atoms with Crippen molar-refractivity contribution in [2.24, 2.45) is 5.73 Å². The number of hydrogen-bond donors (Lipinski definition) is 4. The van der Waals surface area contributed by atoms with Gasteiger partial charge in [0.2, 0.25) is 0 Å². The van der Waals surface area contributed by atoms with Crippen molar-refractivity contribution in [1.29, 1.82) is 0 Å². The molecule has 31 heavy (non-hydrogen) atoms. The van der Waals surface area contributed by atoms with Crippen molar-refractivity contribution in [1.82, 2.24) is 15.0 Å². The van der Waals surface area contributed by atoms with Gasteiger partial charge in [-0.2, -0.15) is 0 Å². The maximum atomic E-state index is 12.6. The van der Waals surface area contributed by atoms with Crippen molar-refractivity contribution in [2.75, 3.05) is 18.0 Å². The molecule has 4 aromatic rings. The van der Waals surface area contributed by atoms with Crippen LogP contribution in [0.2, 0.25) is 0 Å². The second-order valence-electron chi connectivity index (χ2n) is 8.10. The van der Waals surface area contributed by atoms with Crippen LogP contribution in [0.25, 0.3) is 33.5 Å². The topological polar surface area (TPSA) is 111 Å². The minimum absolute atomic E-state index is 0.0289. The zero-order chi connectivity index (χ0) is 21.4. The van der Waals surface area contributed by atoms with Crippen molar-refractivity contribution < 1.29 is 5.11 Å². The highest BCUT2D eigenvalue weighted by atomic mass is 16.3. The molecular weight excluding hydrogens is 390 g/mol. The number of aliphatic hydroxyl groups excluding tert-OH is 1. The van der Waals surface area contributed by atoms with E-state index in [0.29, 0.717) is 11.4 Å². The predicted molar refractivity (Wildman–Crippen MR) is 123 cm³/mol. The van der Waals surface area contributed by atoms with Crippen LogP contribution in [0.15, 0.2) is 59.5 Å². The van der Waals surface area contributed by atoms with Gasteiger partial charge in [0, 0.05) is 31.0 Å². The zero-order valence-electron chi connectivity index (χ0n) is 17.1.